The number of rotatable bonds is 9. The molecule has 0 aliphatic rings. The van der Waals surface area contributed by atoms with Crippen LogP contribution in [0.2, 0.25) is 0 Å². The number of carbonyl (C=O) groups excluding carboxylic acids is 1. The molecule has 0 radical (unpaired) electrons. The lowest BCUT2D eigenvalue weighted by molar-refractivity contribution is 0.0948. The van der Waals surface area contributed by atoms with Gasteiger partial charge in [-0.1, -0.05) is 13.8 Å². The lowest BCUT2D eigenvalue weighted by Crippen LogP contribution is -2.35. The van der Waals surface area contributed by atoms with E-state index >= 15 is 0 Å². The average Bonchev–Trinajstić information content (AvgIpc) is 2.78. The average molecular weight is 360 g/mol. The highest BCUT2D eigenvalue weighted by Gasteiger charge is 2.32. The molecule has 136 valence electrons. The molecular formula is C14H24N4O5S. The van der Waals surface area contributed by atoms with E-state index in [2.05, 4.69) is 20.4 Å². The van der Waals surface area contributed by atoms with Gasteiger partial charge >= 0.3 is 0 Å². The van der Waals surface area contributed by atoms with Gasteiger partial charge in [0.25, 0.3) is 21.4 Å². The number of aromatic nitrogens is 1. The van der Waals surface area contributed by atoms with Crippen molar-refractivity contribution in [2.24, 2.45) is 5.18 Å². The monoisotopic (exact) mass is 360 g/mol. The molecule has 0 saturated heterocycles. The molecule has 0 saturated carbocycles. The number of amides is 1. The van der Waals surface area contributed by atoms with Gasteiger partial charge in [0.2, 0.25) is 0 Å². The highest BCUT2D eigenvalue weighted by Crippen LogP contribution is 2.28. The van der Waals surface area contributed by atoms with Crippen LogP contribution in [0, 0.1) is 18.8 Å². The lowest BCUT2D eigenvalue weighted by Gasteiger charge is -2.18. The Hall–Kier alpha value is -1.78. The summed E-state index contributed by atoms with van der Waals surface area (Å²) in [7, 11) is -4.70. The summed E-state index contributed by atoms with van der Waals surface area (Å²) in [5, 5.41) is 3.24. The second-order valence-corrected chi connectivity index (χ2v) is 6.90. The van der Waals surface area contributed by atoms with Gasteiger partial charge in [-0.3, -0.25) is 9.35 Å². The minimum Gasteiger partial charge on any atom is -0.359 e. The van der Waals surface area contributed by atoms with E-state index in [1.807, 2.05) is 13.8 Å². The summed E-state index contributed by atoms with van der Waals surface area (Å²) in [5.41, 5.74) is 0.830. The van der Waals surface area contributed by atoms with Crippen molar-refractivity contribution < 1.29 is 17.8 Å². The van der Waals surface area contributed by atoms with Crippen molar-refractivity contribution in [3.8, 4) is 0 Å². The number of likely N-dealkylation sites (N-methyl/N-ethyl adjacent to an activating group) is 1. The molecule has 1 aromatic rings. The highest BCUT2D eigenvalue weighted by molar-refractivity contribution is 7.86. The predicted octanol–water partition coefficient (Wildman–Crippen LogP) is 1.36. The van der Waals surface area contributed by atoms with Crippen LogP contribution in [-0.2, 0) is 10.1 Å². The van der Waals surface area contributed by atoms with Crippen molar-refractivity contribution in [1.29, 1.82) is 0 Å². The van der Waals surface area contributed by atoms with Crippen LogP contribution in [0.25, 0.3) is 0 Å². The number of nitroso groups, excluding NO2 is 1. The summed E-state index contributed by atoms with van der Waals surface area (Å²) in [6, 6.07) is 0. The molecule has 10 heteroatoms. The lowest BCUT2D eigenvalue weighted by atomic mass is 10.1. The number of nitrogens with one attached hydrogen (secondary N) is 2. The fourth-order valence-electron chi connectivity index (χ4n) is 2.57. The fourth-order valence-corrected chi connectivity index (χ4v) is 3.22. The first kappa shape index (κ1) is 20.3. The quantitative estimate of drug-likeness (QED) is 0.450. The molecular weight excluding hydrogens is 336 g/mol. The molecule has 1 rings (SSSR count). The van der Waals surface area contributed by atoms with Crippen molar-refractivity contribution in [2.75, 3.05) is 26.2 Å². The number of hydrogen-bond donors (Lipinski definition) is 3. The van der Waals surface area contributed by atoms with Gasteiger partial charge in [-0.05, 0) is 37.7 Å². The first-order valence-corrected chi connectivity index (χ1v) is 9.15. The zero-order valence-electron chi connectivity index (χ0n) is 14.3. The summed E-state index contributed by atoms with van der Waals surface area (Å²) in [6.45, 7) is 10.0. The minimum absolute atomic E-state index is 0.0982. The molecule has 1 unspecified atom stereocenters. The molecule has 0 fully saturated rings. The summed E-state index contributed by atoms with van der Waals surface area (Å²) >= 11 is 0. The van der Waals surface area contributed by atoms with Crippen LogP contribution in [-0.4, -0.2) is 54.9 Å². The number of H-pyrrole nitrogens is 1. The number of carbonyl (C=O) groups is 1. The summed E-state index contributed by atoms with van der Waals surface area (Å²) in [4.78, 5) is 28.0. The zero-order valence-corrected chi connectivity index (χ0v) is 15.1. The minimum atomic E-state index is -4.70. The smallest absolute Gasteiger partial charge is 0.297 e. The number of nitrogens with zero attached hydrogens (tertiary/aromatic N) is 2. The molecule has 0 aliphatic heterocycles. The predicted molar refractivity (Wildman–Crippen MR) is 90.5 cm³/mol. The maximum Gasteiger partial charge on any atom is 0.297 e. The van der Waals surface area contributed by atoms with Crippen LogP contribution in [0.3, 0.4) is 0 Å². The third-order valence-electron chi connectivity index (χ3n) is 3.94. The Kier molecular flexibility index (Phi) is 7.06. The first-order valence-electron chi connectivity index (χ1n) is 7.65. The van der Waals surface area contributed by atoms with Crippen LogP contribution >= 0.6 is 0 Å². The van der Waals surface area contributed by atoms with Crippen LogP contribution in [0.15, 0.2) is 5.18 Å². The van der Waals surface area contributed by atoms with Gasteiger partial charge in [-0.25, -0.2) is 0 Å². The third-order valence-corrected chi connectivity index (χ3v) is 4.82. The van der Waals surface area contributed by atoms with Gasteiger partial charge < -0.3 is 15.2 Å². The Morgan fingerprint density at radius 3 is 2.38 bits per heavy atom. The molecule has 1 aromatic heterocycles. The van der Waals surface area contributed by atoms with Gasteiger partial charge in [-0.2, -0.15) is 8.42 Å². The largest absolute Gasteiger partial charge is 0.359 e. The van der Waals surface area contributed by atoms with Crippen molar-refractivity contribution in [1.82, 2.24) is 15.2 Å². The van der Waals surface area contributed by atoms with E-state index in [9.17, 15) is 18.1 Å². The normalized spacial score (nSPS) is 13.1. The molecule has 0 aliphatic carbocycles. The van der Waals surface area contributed by atoms with Crippen LogP contribution in [0.4, 0.5) is 0 Å². The molecule has 0 aromatic carbocycles. The Balaban J connectivity index is 2.98. The van der Waals surface area contributed by atoms with Crippen LogP contribution in [0.1, 0.15) is 46.5 Å². The Labute approximate surface area is 141 Å². The first-order chi connectivity index (χ1) is 11.2. The van der Waals surface area contributed by atoms with Gasteiger partial charge in [0, 0.05) is 18.8 Å². The number of aryl methyl sites for hydroxylation is 1. The fraction of sp³-hybridized carbons (Fsp3) is 0.643. The SMILES string of the molecule is CCN(CC)CCNC(=O)c1c(C)[nH]c(C(N=O)S(=O)(=O)O)c1C. The van der Waals surface area contributed by atoms with Gasteiger partial charge in [0.15, 0.2) is 0 Å². The van der Waals surface area contributed by atoms with Crippen molar-refractivity contribution in [3.05, 3.63) is 27.4 Å². The summed E-state index contributed by atoms with van der Waals surface area (Å²) in [5.74, 6) is -0.375. The molecule has 1 atom stereocenters. The van der Waals surface area contributed by atoms with Crippen LogP contribution in [0.5, 0.6) is 0 Å². The molecule has 0 bridgehead atoms. The second kappa shape index (κ2) is 8.36. The Bertz CT molecular complexity index is 694. The molecule has 3 N–H and O–H groups in total. The molecule has 24 heavy (non-hydrogen) atoms. The van der Waals surface area contributed by atoms with Crippen molar-refractivity contribution >= 4 is 16.0 Å². The van der Waals surface area contributed by atoms with E-state index in [1.54, 1.807) is 6.92 Å². The highest BCUT2D eigenvalue weighted by atomic mass is 32.2. The molecule has 1 heterocycles. The van der Waals surface area contributed by atoms with Crippen molar-refractivity contribution in [3.63, 3.8) is 0 Å². The molecule has 0 spiro atoms. The van der Waals surface area contributed by atoms with Gasteiger partial charge in [-0.15, -0.1) is 4.91 Å². The Morgan fingerprint density at radius 2 is 1.92 bits per heavy atom. The maximum absolute atomic E-state index is 12.3. The van der Waals surface area contributed by atoms with Gasteiger partial charge in [0.1, 0.15) is 0 Å². The standard InChI is InChI=1S/C14H24N4O5S/c1-5-18(6-2)8-7-15-13(19)11-9(3)12(16-10(11)4)14(17-20)24(21,22)23/h14,16H,5-8H2,1-4H3,(H,15,19)(H,21,22,23). The topological polar surface area (TPSA) is 132 Å². The third kappa shape index (κ3) is 4.62. The van der Waals surface area contributed by atoms with E-state index in [-0.39, 0.29) is 22.7 Å². The van der Waals surface area contributed by atoms with E-state index in [1.165, 1.54) is 6.92 Å². The molecule has 9 nitrogen and oxygen atoms in total. The summed E-state index contributed by atoms with van der Waals surface area (Å²) < 4.78 is 31.6. The van der Waals surface area contributed by atoms with Crippen LogP contribution < -0.4 is 5.32 Å². The van der Waals surface area contributed by atoms with E-state index in [0.29, 0.717) is 18.8 Å². The molecule has 1 amide bonds. The van der Waals surface area contributed by atoms with Crippen molar-refractivity contribution in [2.45, 2.75) is 33.1 Å². The maximum atomic E-state index is 12.3. The summed E-state index contributed by atoms with van der Waals surface area (Å²) in [6.07, 6.45) is 0. The number of aromatic amines is 1. The Morgan fingerprint density at radius 1 is 1.33 bits per heavy atom. The van der Waals surface area contributed by atoms with E-state index < -0.39 is 15.5 Å². The number of hydrogen-bond acceptors (Lipinski definition) is 6. The zero-order chi connectivity index (χ0) is 18.5. The van der Waals surface area contributed by atoms with E-state index in [0.717, 1.165) is 13.1 Å². The van der Waals surface area contributed by atoms with E-state index in [4.69, 9.17) is 4.55 Å². The second-order valence-electron chi connectivity index (χ2n) is 5.42. The van der Waals surface area contributed by atoms with Gasteiger partial charge in [0.05, 0.1) is 11.3 Å².